The maximum atomic E-state index is 14.4. The molecule has 0 saturated heterocycles. The molecule has 0 unspecified atom stereocenters. The Hall–Kier alpha value is -5.30. The highest BCUT2D eigenvalue weighted by atomic mass is 16.5. The number of hydrogen-bond acceptors (Lipinski definition) is 7. The molecule has 0 radical (unpaired) electrons. The summed E-state index contributed by atoms with van der Waals surface area (Å²) in [5.74, 6) is -0.428. The Morgan fingerprint density at radius 1 is 0.711 bits per heavy atom. The van der Waals surface area contributed by atoms with Crippen LogP contribution in [0.4, 0.5) is 0 Å². The second-order valence-corrected chi connectivity index (χ2v) is 11.3. The molecule has 0 fully saturated rings. The van der Waals surface area contributed by atoms with E-state index in [4.69, 9.17) is 18.9 Å². The van der Waals surface area contributed by atoms with Crippen LogP contribution in [0, 0.1) is 0 Å². The van der Waals surface area contributed by atoms with Gasteiger partial charge in [0.2, 0.25) is 0 Å². The Morgan fingerprint density at radius 2 is 1.29 bits per heavy atom. The van der Waals surface area contributed by atoms with Crippen molar-refractivity contribution < 1.29 is 28.5 Å². The molecule has 7 nitrogen and oxygen atoms in total. The largest absolute Gasteiger partial charge is 0.493 e. The van der Waals surface area contributed by atoms with Crippen LogP contribution in [-0.2, 0) is 30.9 Å². The molecule has 0 aromatic heterocycles. The van der Waals surface area contributed by atoms with Crippen molar-refractivity contribution in [3.63, 3.8) is 0 Å². The van der Waals surface area contributed by atoms with Crippen LogP contribution >= 0.6 is 0 Å². The molecule has 0 bridgehead atoms. The molecule has 226 valence electrons. The highest BCUT2D eigenvalue weighted by Crippen LogP contribution is 2.62. The fourth-order valence-electron chi connectivity index (χ4n) is 7.59. The van der Waals surface area contributed by atoms with Crippen LogP contribution in [0.2, 0.25) is 0 Å². The average molecular weight is 600 g/mol. The number of allylic oxidation sites excluding steroid dienone is 1. The van der Waals surface area contributed by atoms with Crippen LogP contribution in [0.5, 0.6) is 11.5 Å². The number of carbonyl (C=O) groups is 2. The predicted octanol–water partition coefficient (Wildman–Crippen LogP) is 6.27. The van der Waals surface area contributed by atoms with E-state index in [9.17, 15) is 9.59 Å². The molecule has 1 aliphatic carbocycles. The normalized spacial score (nSPS) is 17.3. The van der Waals surface area contributed by atoms with Crippen molar-refractivity contribution in [3.05, 3.63) is 136 Å². The lowest BCUT2D eigenvalue weighted by atomic mass is 9.61. The third kappa shape index (κ3) is 4.03. The fourth-order valence-corrected chi connectivity index (χ4v) is 7.59. The summed E-state index contributed by atoms with van der Waals surface area (Å²) in [6.45, 7) is 0.431. The molecular formula is C38H33NO6. The van der Waals surface area contributed by atoms with Gasteiger partial charge in [0.15, 0.2) is 11.5 Å². The van der Waals surface area contributed by atoms with Crippen LogP contribution in [0.1, 0.15) is 33.7 Å². The summed E-state index contributed by atoms with van der Waals surface area (Å²) in [7, 11) is 5.94. The predicted molar refractivity (Wildman–Crippen MR) is 171 cm³/mol. The van der Waals surface area contributed by atoms with E-state index >= 15 is 0 Å². The van der Waals surface area contributed by atoms with Crippen LogP contribution in [-0.4, -0.2) is 51.8 Å². The molecule has 2 heterocycles. The van der Waals surface area contributed by atoms with Crippen molar-refractivity contribution in [2.75, 3.05) is 35.0 Å². The second-order valence-electron chi connectivity index (χ2n) is 11.3. The van der Waals surface area contributed by atoms with E-state index in [1.54, 1.807) is 14.2 Å². The fraction of sp³-hybridized carbons (Fsp3) is 0.211. The molecule has 3 aliphatic rings. The Balaban J connectivity index is 1.70. The van der Waals surface area contributed by atoms with Crippen molar-refractivity contribution >= 4 is 17.6 Å². The van der Waals surface area contributed by atoms with Gasteiger partial charge in [0.25, 0.3) is 0 Å². The molecule has 7 heteroatoms. The van der Waals surface area contributed by atoms with E-state index in [1.807, 2.05) is 59.5 Å². The molecule has 7 rings (SSSR count). The Labute approximate surface area is 262 Å². The Kier molecular flexibility index (Phi) is 6.96. The van der Waals surface area contributed by atoms with Crippen LogP contribution in [0.3, 0.4) is 0 Å². The standard InChI is InChI=1S/C38H33NO6/c1-42-32-20-24-18-19-39-31(27(24)21-33(32)43-2)22-30(23-12-6-5-7-13-23)38(34(36(40)44-3)35(39)37(41)45-4)28-16-10-8-14-25(28)26-15-9-11-17-29(26)38/h5-17,20-22,30H,18-19H2,1-4H3/t30-/m1/s1. The molecule has 1 spiro atoms. The van der Waals surface area contributed by atoms with Gasteiger partial charge in [-0.1, -0.05) is 84.9 Å². The van der Waals surface area contributed by atoms with Gasteiger partial charge in [-0.2, -0.15) is 0 Å². The highest BCUT2D eigenvalue weighted by Gasteiger charge is 2.57. The number of esters is 2. The lowest BCUT2D eigenvalue weighted by Crippen LogP contribution is -2.41. The number of nitrogens with zero attached hydrogens (tertiary/aromatic N) is 1. The Morgan fingerprint density at radius 3 is 1.89 bits per heavy atom. The summed E-state index contributed by atoms with van der Waals surface area (Å²) >= 11 is 0. The average Bonchev–Trinajstić information content (AvgIpc) is 3.30. The molecule has 0 saturated carbocycles. The van der Waals surface area contributed by atoms with E-state index in [2.05, 4.69) is 42.5 Å². The highest BCUT2D eigenvalue weighted by molar-refractivity contribution is 6.07. The zero-order valence-corrected chi connectivity index (χ0v) is 25.6. The molecule has 2 aliphatic heterocycles. The van der Waals surface area contributed by atoms with Gasteiger partial charge >= 0.3 is 11.9 Å². The molecule has 45 heavy (non-hydrogen) atoms. The minimum atomic E-state index is -1.13. The van der Waals surface area contributed by atoms with Crippen LogP contribution in [0.15, 0.2) is 108 Å². The second kappa shape index (κ2) is 11.0. The Bertz CT molecular complexity index is 1860. The van der Waals surface area contributed by atoms with Gasteiger partial charge in [-0.15, -0.1) is 0 Å². The molecule has 0 N–H and O–H groups in total. The zero-order valence-electron chi connectivity index (χ0n) is 25.6. The van der Waals surface area contributed by atoms with Gasteiger partial charge in [0.05, 0.1) is 39.4 Å². The van der Waals surface area contributed by atoms with Crippen molar-refractivity contribution in [3.8, 4) is 22.6 Å². The number of benzene rings is 4. The first-order valence-corrected chi connectivity index (χ1v) is 14.9. The number of ether oxygens (including phenoxy) is 4. The lowest BCUT2D eigenvalue weighted by molar-refractivity contribution is -0.141. The van der Waals surface area contributed by atoms with Gasteiger partial charge in [0.1, 0.15) is 5.70 Å². The number of methoxy groups -OCH3 is 4. The zero-order chi connectivity index (χ0) is 31.3. The third-order valence-electron chi connectivity index (χ3n) is 9.39. The first kappa shape index (κ1) is 28.5. The third-order valence-corrected chi connectivity index (χ3v) is 9.39. The number of rotatable bonds is 5. The first-order valence-electron chi connectivity index (χ1n) is 14.9. The van der Waals surface area contributed by atoms with Gasteiger partial charge in [-0.05, 0) is 51.9 Å². The van der Waals surface area contributed by atoms with E-state index in [-0.39, 0.29) is 11.3 Å². The number of hydrogen-bond donors (Lipinski definition) is 0. The van der Waals surface area contributed by atoms with E-state index in [0.29, 0.717) is 24.5 Å². The summed E-state index contributed by atoms with van der Waals surface area (Å²) in [5, 5.41) is 0. The number of fused-ring (bicyclic) bond motifs is 8. The summed E-state index contributed by atoms with van der Waals surface area (Å²) in [6.07, 6.45) is 2.80. The van der Waals surface area contributed by atoms with Crippen molar-refractivity contribution in [2.45, 2.75) is 17.8 Å². The monoisotopic (exact) mass is 599 g/mol. The minimum absolute atomic E-state index is 0.168. The molecule has 4 aromatic rings. The smallest absolute Gasteiger partial charge is 0.355 e. The van der Waals surface area contributed by atoms with E-state index < -0.39 is 23.3 Å². The van der Waals surface area contributed by atoms with Crippen LogP contribution in [0.25, 0.3) is 16.8 Å². The molecular weight excluding hydrogens is 566 g/mol. The topological polar surface area (TPSA) is 74.3 Å². The summed E-state index contributed by atoms with van der Waals surface area (Å²) in [4.78, 5) is 30.5. The van der Waals surface area contributed by atoms with Crippen molar-refractivity contribution in [2.24, 2.45) is 0 Å². The SMILES string of the molecule is COC(=O)C1=C(C(=O)OC)C2(c3ccccc3-c3ccccc32)[C@@H](c2ccccc2)C=C2c3cc(OC)c(OC)cc3CCN21. The van der Waals surface area contributed by atoms with Crippen molar-refractivity contribution in [1.29, 1.82) is 0 Å². The van der Waals surface area contributed by atoms with Gasteiger partial charge in [-0.3, -0.25) is 0 Å². The van der Waals surface area contributed by atoms with Gasteiger partial charge in [0, 0.05) is 23.7 Å². The van der Waals surface area contributed by atoms with Crippen LogP contribution < -0.4 is 9.47 Å². The van der Waals surface area contributed by atoms with Gasteiger partial charge in [-0.25, -0.2) is 9.59 Å². The van der Waals surface area contributed by atoms with E-state index in [0.717, 1.165) is 44.6 Å². The van der Waals surface area contributed by atoms with E-state index in [1.165, 1.54) is 14.2 Å². The number of carbonyl (C=O) groups excluding carboxylic acids is 2. The molecule has 0 amide bonds. The molecule has 4 aromatic carbocycles. The maximum absolute atomic E-state index is 14.4. The lowest BCUT2D eigenvalue weighted by Gasteiger charge is -2.39. The summed E-state index contributed by atoms with van der Waals surface area (Å²) in [5.41, 5.74) is 6.84. The first-order chi connectivity index (χ1) is 22.0. The summed E-state index contributed by atoms with van der Waals surface area (Å²) < 4.78 is 22.5. The summed E-state index contributed by atoms with van der Waals surface area (Å²) in [6, 6.07) is 30.3. The minimum Gasteiger partial charge on any atom is -0.493 e. The van der Waals surface area contributed by atoms with Crippen molar-refractivity contribution in [1.82, 2.24) is 4.90 Å². The quantitative estimate of drug-likeness (QED) is 0.251. The maximum Gasteiger partial charge on any atom is 0.355 e. The van der Waals surface area contributed by atoms with Gasteiger partial charge < -0.3 is 23.8 Å². The molecule has 1 atom stereocenters.